The first-order chi connectivity index (χ1) is 10.6. The van der Waals surface area contributed by atoms with Crippen LogP contribution in [-0.2, 0) is 17.8 Å². The molecular weight excluding hydrogens is 278 g/mol. The van der Waals surface area contributed by atoms with Crippen molar-refractivity contribution in [3.63, 3.8) is 0 Å². The first-order valence-corrected chi connectivity index (χ1v) is 8.19. The average Bonchev–Trinajstić information content (AvgIpc) is 3.02. The van der Waals surface area contributed by atoms with Gasteiger partial charge in [-0.1, -0.05) is 6.92 Å². The Morgan fingerprint density at radius 2 is 2.18 bits per heavy atom. The summed E-state index contributed by atoms with van der Waals surface area (Å²) in [5.41, 5.74) is 2.34. The Hall–Kier alpha value is -1.69. The molecule has 2 aliphatic rings. The van der Waals surface area contributed by atoms with Crippen LogP contribution in [0.3, 0.4) is 0 Å². The maximum atomic E-state index is 12.1. The molecule has 1 saturated heterocycles. The van der Waals surface area contributed by atoms with Gasteiger partial charge in [0.05, 0.1) is 11.7 Å². The van der Waals surface area contributed by atoms with E-state index in [1.165, 1.54) is 5.56 Å². The van der Waals surface area contributed by atoms with Gasteiger partial charge in [-0.25, -0.2) is 9.97 Å². The van der Waals surface area contributed by atoms with Gasteiger partial charge < -0.3 is 15.1 Å². The molecule has 0 spiro atoms. The zero-order valence-corrected chi connectivity index (χ0v) is 13.7. The Labute approximate surface area is 131 Å². The lowest BCUT2D eigenvalue weighted by Gasteiger charge is -2.28. The van der Waals surface area contributed by atoms with Crippen LogP contribution >= 0.6 is 0 Å². The Bertz CT molecular complexity index is 574. The molecule has 0 saturated carbocycles. The van der Waals surface area contributed by atoms with E-state index in [4.69, 9.17) is 9.97 Å². The number of hydrogen-bond acceptors (Lipinski definition) is 5. The van der Waals surface area contributed by atoms with E-state index in [1.54, 1.807) is 0 Å². The highest BCUT2D eigenvalue weighted by molar-refractivity contribution is 5.76. The van der Waals surface area contributed by atoms with Gasteiger partial charge in [0.1, 0.15) is 5.82 Å². The smallest absolute Gasteiger partial charge is 0.222 e. The van der Waals surface area contributed by atoms with Crippen LogP contribution in [0.1, 0.15) is 49.3 Å². The fourth-order valence-electron chi connectivity index (χ4n) is 3.47. The molecule has 0 aliphatic carbocycles. The van der Waals surface area contributed by atoms with Crippen molar-refractivity contribution < 1.29 is 4.79 Å². The molecular formula is C16H25N5O. The zero-order chi connectivity index (χ0) is 15.7. The minimum absolute atomic E-state index is 0.0390. The third kappa shape index (κ3) is 2.67. The number of fused-ring (bicyclic) bond motifs is 1. The van der Waals surface area contributed by atoms with Gasteiger partial charge in [-0.05, 0) is 26.3 Å². The first-order valence-electron chi connectivity index (χ1n) is 8.19. The van der Waals surface area contributed by atoms with Gasteiger partial charge in [0.2, 0.25) is 5.91 Å². The molecule has 3 heterocycles. The number of carbonyl (C=O) groups is 1. The van der Waals surface area contributed by atoms with Gasteiger partial charge >= 0.3 is 0 Å². The molecule has 0 unspecified atom stereocenters. The van der Waals surface area contributed by atoms with E-state index in [0.29, 0.717) is 6.42 Å². The van der Waals surface area contributed by atoms with Crippen molar-refractivity contribution in [1.82, 2.24) is 19.8 Å². The van der Waals surface area contributed by atoms with Gasteiger partial charge in [-0.15, -0.1) is 0 Å². The van der Waals surface area contributed by atoms with Crippen LogP contribution in [-0.4, -0.2) is 52.9 Å². The summed E-state index contributed by atoms with van der Waals surface area (Å²) in [5, 5.41) is 3.22. The lowest BCUT2D eigenvalue weighted by atomic mass is 10.0. The first kappa shape index (κ1) is 15.2. The predicted molar refractivity (Wildman–Crippen MR) is 85.6 cm³/mol. The van der Waals surface area contributed by atoms with Gasteiger partial charge in [0.25, 0.3) is 0 Å². The van der Waals surface area contributed by atoms with Crippen LogP contribution in [0.25, 0.3) is 0 Å². The summed E-state index contributed by atoms with van der Waals surface area (Å²) in [6, 6.07) is 0.0390. The number of nitrogens with one attached hydrogen (secondary N) is 1. The molecule has 1 N–H and O–H groups in total. The summed E-state index contributed by atoms with van der Waals surface area (Å²) in [4.78, 5) is 26.0. The normalized spacial score (nSPS) is 21.8. The molecule has 1 fully saturated rings. The topological polar surface area (TPSA) is 61.4 Å². The quantitative estimate of drug-likeness (QED) is 0.918. The summed E-state index contributed by atoms with van der Waals surface area (Å²) in [6.07, 6.45) is 3.52. The van der Waals surface area contributed by atoms with Crippen molar-refractivity contribution >= 4 is 11.7 Å². The largest absolute Gasteiger partial charge is 0.373 e. The second kappa shape index (κ2) is 6.20. The number of anilines is 1. The predicted octanol–water partition coefficient (Wildman–Crippen LogP) is 1.58. The molecule has 1 aromatic heterocycles. The van der Waals surface area contributed by atoms with Gasteiger partial charge in [-0.2, -0.15) is 0 Å². The van der Waals surface area contributed by atoms with Crippen molar-refractivity contribution in [1.29, 1.82) is 0 Å². The number of aromatic nitrogens is 2. The van der Waals surface area contributed by atoms with E-state index in [-0.39, 0.29) is 11.9 Å². The van der Waals surface area contributed by atoms with Crippen LogP contribution in [0.15, 0.2) is 0 Å². The second-order valence-electron chi connectivity index (χ2n) is 6.19. The van der Waals surface area contributed by atoms with Crippen LogP contribution < -0.4 is 5.32 Å². The molecule has 6 nitrogen and oxygen atoms in total. The van der Waals surface area contributed by atoms with Crippen LogP contribution in [0.2, 0.25) is 0 Å². The Balaban J connectivity index is 1.97. The lowest BCUT2D eigenvalue weighted by molar-refractivity contribution is -0.131. The van der Waals surface area contributed by atoms with Crippen molar-refractivity contribution in [2.24, 2.45) is 0 Å². The molecule has 6 heteroatoms. The van der Waals surface area contributed by atoms with E-state index < -0.39 is 0 Å². The monoisotopic (exact) mass is 303 g/mol. The van der Waals surface area contributed by atoms with Crippen molar-refractivity contribution in [3.05, 3.63) is 17.1 Å². The molecule has 0 radical (unpaired) electrons. The summed E-state index contributed by atoms with van der Waals surface area (Å²) in [7, 11) is 4.03. The molecule has 2 aliphatic heterocycles. The lowest BCUT2D eigenvalue weighted by Crippen LogP contribution is -2.33. The molecule has 0 aromatic carbocycles. The molecule has 1 aromatic rings. The minimum Gasteiger partial charge on any atom is -0.373 e. The summed E-state index contributed by atoms with van der Waals surface area (Å²) in [6.45, 7) is 4.63. The third-order valence-electron chi connectivity index (χ3n) is 4.68. The van der Waals surface area contributed by atoms with Crippen LogP contribution in [0.4, 0.5) is 5.82 Å². The van der Waals surface area contributed by atoms with Crippen LogP contribution in [0.5, 0.6) is 0 Å². The van der Waals surface area contributed by atoms with E-state index in [0.717, 1.165) is 56.2 Å². The summed E-state index contributed by atoms with van der Waals surface area (Å²) in [5.74, 6) is 1.94. The van der Waals surface area contributed by atoms with Crippen LogP contribution in [0, 0.1) is 0 Å². The molecule has 1 atom stereocenters. The van der Waals surface area contributed by atoms with Gasteiger partial charge in [0, 0.05) is 38.7 Å². The van der Waals surface area contributed by atoms with Crippen molar-refractivity contribution in [3.8, 4) is 0 Å². The second-order valence-corrected chi connectivity index (χ2v) is 6.19. The summed E-state index contributed by atoms with van der Waals surface area (Å²) < 4.78 is 0. The van der Waals surface area contributed by atoms with Gasteiger partial charge in [-0.3, -0.25) is 4.79 Å². The highest BCUT2D eigenvalue weighted by Crippen LogP contribution is 2.33. The zero-order valence-electron chi connectivity index (χ0n) is 13.7. The molecule has 22 heavy (non-hydrogen) atoms. The number of rotatable bonds is 3. The van der Waals surface area contributed by atoms with E-state index in [2.05, 4.69) is 17.3 Å². The maximum Gasteiger partial charge on any atom is 0.222 e. The van der Waals surface area contributed by atoms with E-state index in [1.807, 2.05) is 18.9 Å². The number of likely N-dealkylation sites (tertiary alicyclic amines) is 1. The SMILES string of the molecule is CCC(=O)N1CCC[C@@H]1c1nc2c(c(NC)n1)CCN(C)C2. The maximum absolute atomic E-state index is 12.1. The minimum atomic E-state index is 0.0390. The standard InChI is InChI=1S/C16H25N5O/c1-4-14(22)21-8-5-6-13(21)16-18-12-10-20(3)9-7-11(12)15(17-2)19-16/h13H,4-10H2,1-3H3,(H,17,18,19)/t13-/m1/s1. The summed E-state index contributed by atoms with van der Waals surface area (Å²) >= 11 is 0. The van der Waals surface area contributed by atoms with E-state index in [9.17, 15) is 4.79 Å². The highest BCUT2D eigenvalue weighted by atomic mass is 16.2. The number of nitrogens with zero attached hydrogens (tertiary/aromatic N) is 4. The fourth-order valence-corrected chi connectivity index (χ4v) is 3.47. The fraction of sp³-hybridized carbons (Fsp3) is 0.688. The molecule has 1 amide bonds. The van der Waals surface area contributed by atoms with Crippen molar-refractivity contribution in [2.75, 3.05) is 32.5 Å². The third-order valence-corrected chi connectivity index (χ3v) is 4.68. The van der Waals surface area contributed by atoms with Gasteiger partial charge in [0.15, 0.2) is 5.82 Å². The van der Waals surface area contributed by atoms with Crippen molar-refractivity contribution in [2.45, 2.75) is 45.2 Å². The highest BCUT2D eigenvalue weighted by Gasteiger charge is 2.32. The average molecular weight is 303 g/mol. The molecule has 0 bridgehead atoms. The van der Waals surface area contributed by atoms with E-state index >= 15 is 0 Å². The number of carbonyl (C=O) groups excluding carboxylic acids is 1. The Kier molecular flexibility index (Phi) is 4.29. The number of likely N-dealkylation sites (N-methyl/N-ethyl adjacent to an activating group) is 1. The molecule has 120 valence electrons. The number of amides is 1. The molecule has 3 rings (SSSR count). The number of hydrogen-bond donors (Lipinski definition) is 1. The Morgan fingerprint density at radius 1 is 1.36 bits per heavy atom. The Morgan fingerprint density at radius 3 is 2.91 bits per heavy atom.